The number of carboxylic acids is 1. The quantitative estimate of drug-likeness (QED) is 0.0303. The van der Waals surface area contributed by atoms with Gasteiger partial charge in [-0.15, -0.1) is 0 Å². The van der Waals surface area contributed by atoms with Crippen molar-refractivity contribution in [1.82, 2.24) is 10.6 Å². The molecule has 23 nitrogen and oxygen atoms in total. The van der Waals surface area contributed by atoms with Gasteiger partial charge in [-0.2, -0.15) is 0 Å². The summed E-state index contributed by atoms with van der Waals surface area (Å²) in [4.78, 5) is 38.4. The molecule has 2 amide bonds. The monoisotopic (exact) mass is 1210 g/mol. The van der Waals surface area contributed by atoms with Crippen LogP contribution < -0.4 is 10.6 Å². The lowest BCUT2D eigenvalue weighted by molar-refractivity contribution is -0.386. The largest absolute Gasteiger partial charge is 0.477 e. The first-order valence-electron chi connectivity index (χ1n) is 32.0. The third kappa shape index (κ3) is 26.7. The van der Waals surface area contributed by atoms with Crippen molar-refractivity contribution in [1.29, 1.82) is 0 Å². The summed E-state index contributed by atoms with van der Waals surface area (Å²) in [6, 6.07) is -2.53. The maximum absolute atomic E-state index is 13.4. The third-order valence-electron chi connectivity index (χ3n) is 16.5. The molecule has 18 unspecified atom stereocenters. The Morgan fingerprint density at radius 1 is 0.607 bits per heavy atom. The molecule has 84 heavy (non-hydrogen) atoms. The van der Waals surface area contributed by atoms with Gasteiger partial charge in [0.25, 0.3) is 5.79 Å². The fraction of sp³-hybridized carbons (Fsp3) is 0.918. The van der Waals surface area contributed by atoms with Crippen LogP contribution in [0, 0.1) is 0 Å². The molecule has 492 valence electrons. The SMILES string of the molecule is CCCCCCCCCCC/C=C\CCCCCCCCCC(=O)NC(COC1OC(CO)C(OC2OC(CO)C(O)C(OC3(C(=O)O)CC(O)C(NC(C)=O)C(C(O)C(O)CO)O3)C2O)C(O)C1O)C(O)CCCCCCCCCCCC. The second kappa shape index (κ2) is 43.2. The molecule has 3 heterocycles. The number of hydrogen-bond acceptors (Lipinski definition) is 20. The molecule has 18 atom stereocenters. The van der Waals surface area contributed by atoms with E-state index >= 15 is 0 Å². The molecule has 0 aliphatic carbocycles. The first-order chi connectivity index (χ1) is 40.4. The Hall–Kier alpha value is -2.53. The number of aliphatic carboxylic acids is 1. The summed E-state index contributed by atoms with van der Waals surface area (Å²) < 4.78 is 34.7. The molecule has 0 spiro atoms. The van der Waals surface area contributed by atoms with Gasteiger partial charge in [0, 0.05) is 19.8 Å². The summed E-state index contributed by atoms with van der Waals surface area (Å²) >= 11 is 0. The van der Waals surface area contributed by atoms with Crippen molar-refractivity contribution in [2.75, 3.05) is 26.4 Å². The second-order valence-corrected chi connectivity index (χ2v) is 23.6. The Morgan fingerprint density at radius 3 is 1.61 bits per heavy atom. The minimum Gasteiger partial charge on any atom is -0.477 e. The van der Waals surface area contributed by atoms with Crippen LogP contribution in [0.1, 0.15) is 220 Å². The van der Waals surface area contributed by atoms with E-state index in [0.29, 0.717) is 19.3 Å². The van der Waals surface area contributed by atoms with Gasteiger partial charge >= 0.3 is 5.97 Å². The number of allylic oxidation sites excluding steroid dienone is 2. The number of aliphatic hydroxyl groups excluding tert-OH is 11. The summed E-state index contributed by atoms with van der Waals surface area (Å²) in [7, 11) is 0. The standard InChI is InChI=1S/C61H112N2O21/c1-4-6-8-10-12-14-16-17-18-19-20-21-22-23-24-25-27-29-31-33-35-48(71)63-42(43(68)34-32-30-28-26-15-13-11-9-7-5-2)40-79-58-53(75)52(74)55(47(39-66)81-58)82-59-54(76)57(51(73)46(38-65)80-59)84-61(60(77)78)36-44(69)49(62-41(3)67)56(83-61)50(72)45(70)37-64/h20-21,42-47,49-59,64-66,68-70,72-76H,4-19,22-40H2,1-3H3,(H,62,67)(H,63,71)(H,77,78)/b21-20-. The molecule has 0 aromatic heterocycles. The highest BCUT2D eigenvalue weighted by Crippen LogP contribution is 2.38. The summed E-state index contributed by atoms with van der Waals surface area (Å²) in [6.45, 7) is 2.15. The van der Waals surface area contributed by atoms with Gasteiger partial charge in [-0.05, 0) is 38.5 Å². The molecule has 3 aliphatic heterocycles. The van der Waals surface area contributed by atoms with E-state index in [-0.39, 0.29) is 18.9 Å². The molecule has 0 aromatic rings. The predicted octanol–water partition coefficient (Wildman–Crippen LogP) is 3.95. The van der Waals surface area contributed by atoms with Crippen molar-refractivity contribution in [3.8, 4) is 0 Å². The maximum atomic E-state index is 13.4. The van der Waals surface area contributed by atoms with E-state index in [4.69, 9.17) is 28.4 Å². The van der Waals surface area contributed by atoms with Crippen LogP contribution in [0.15, 0.2) is 12.2 Å². The maximum Gasteiger partial charge on any atom is 0.364 e. The van der Waals surface area contributed by atoms with Crippen molar-refractivity contribution in [2.45, 2.75) is 330 Å². The van der Waals surface area contributed by atoms with Gasteiger partial charge in [0.15, 0.2) is 12.6 Å². The van der Waals surface area contributed by atoms with E-state index < -0.39 is 148 Å². The zero-order valence-electron chi connectivity index (χ0n) is 50.8. The first kappa shape index (κ1) is 75.7. The van der Waals surface area contributed by atoms with Crippen molar-refractivity contribution in [3.05, 3.63) is 12.2 Å². The molecule has 0 aromatic carbocycles. The highest BCUT2D eigenvalue weighted by molar-refractivity contribution is 5.77. The molecule has 3 rings (SSSR count). The van der Waals surface area contributed by atoms with Crippen LogP contribution in [0.3, 0.4) is 0 Å². The Balaban J connectivity index is 1.60. The Labute approximate surface area is 499 Å². The summed E-state index contributed by atoms with van der Waals surface area (Å²) in [5.74, 6) is -6.11. The fourth-order valence-corrected chi connectivity index (χ4v) is 11.3. The zero-order chi connectivity index (χ0) is 61.9. The van der Waals surface area contributed by atoms with E-state index in [1.165, 1.54) is 89.9 Å². The number of nitrogens with one attached hydrogen (secondary N) is 2. The Bertz CT molecular complexity index is 1770. The summed E-state index contributed by atoms with van der Waals surface area (Å²) in [6.07, 6.45) is 8.18. The van der Waals surface area contributed by atoms with Crippen LogP contribution in [0.25, 0.3) is 0 Å². The lowest BCUT2D eigenvalue weighted by atomic mass is 9.88. The molecule has 0 bridgehead atoms. The smallest absolute Gasteiger partial charge is 0.364 e. The van der Waals surface area contributed by atoms with Gasteiger partial charge in [0.05, 0.1) is 50.7 Å². The average Bonchev–Trinajstić information content (AvgIpc) is 1.99. The van der Waals surface area contributed by atoms with Crippen molar-refractivity contribution in [3.63, 3.8) is 0 Å². The topological polar surface area (TPSA) is 373 Å². The lowest BCUT2D eigenvalue weighted by Crippen LogP contribution is -2.70. The predicted molar refractivity (Wildman–Crippen MR) is 311 cm³/mol. The Kier molecular flexibility index (Phi) is 38.9. The van der Waals surface area contributed by atoms with Crippen LogP contribution in [0.5, 0.6) is 0 Å². The number of unbranched alkanes of at least 4 members (excludes halogenated alkanes) is 25. The molecule has 14 N–H and O–H groups in total. The highest BCUT2D eigenvalue weighted by atomic mass is 16.8. The molecule has 0 radical (unpaired) electrons. The number of amides is 2. The van der Waals surface area contributed by atoms with Crippen LogP contribution >= 0.6 is 0 Å². The number of aliphatic hydroxyl groups is 11. The third-order valence-corrected chi connectivity index (χ3v) is 16.5. The van der Waals surface area contributed by atoms with Crippen molar-refractivity contribution < 1.29 is 104 Å². The molecular weight excluding hydrogens is 1100 g/mol. The lowest BCUT2D eigenvalue weighted by Gasteiger charge is -2.50. The van der Waals surface area contributed by atoms with Gasteiger partial charge in [-0.1, -0.05) is 174 Å². The highest BCUT2D eigenvalue weighted by Gasteiger charge is 2.60. The number of carboxylic acid groups (broad SMARTS) is 1. The molecule has 0 saturated carbocycles. The van der Waals surface area contributed by atoms with Crippen LogP contribution in [0.4, 0.5) is 0 Å². The van der Waals surface area contributed by atoms with E-state index in [1.54, 1.807) is 0 Å². The van der Waals surface area contributed by atoms with Gasteiger partial charge < -0.3 is 100 Å². The van der Waals surface area contributed by atoms with E-state index in [9.17, 15) is 75.7 Å². The minimum absolute atomic E-state index is 0.219. The van der Waals surface area contributed by atoms with Gasteiger partial charge in [-0.3, -0.25) is 9.59 Å². The number of ether oxygens (including phenoxy) is 6. The van der Waals surface area contributed by atoms with Crippen LogP contribution in [-0.4, -0.2) is 215 Å². The molecule has 23 heteroatoms. The normalized spacial score (nSPS) is 29.8. The average molecular weight is 1210 g/mol. The number of hydrogen-bond donors (Lipinski definition) is 14. The van der Waals surface area contributed by atoms with Crippen molar-refractivity contribution in [2.24, 2.45) is 0 Å². The first-order valence-corrected chi connectivity index (χ1v) is 32.0. The number of carbonyl (C=O) groups excluding carboxylic acids is 2. The zero-order valence-corrected chi connectivity index (χ0v) is 50.8. The molecule has 3 aliphatic rings. The van der Waals surface area contributed by atoms with E-state index in [2.05, 4.69) is 36.6 Å². The van der Waals surface area contributed by atoms with Crippen molar-refractivity contribution >= 4 is 17.8 Å². The number of carbonyl (C=O) groups is 3. The fourth-order valence-electron chi connectivity index (χ4n) is 11.3. The summed E-state index contributed by atoms with van der Waals surface area (Å²) in [5, 5.41) is 136. The molecule has 3 fully saturated rings. The summed E-state index contributed by atoms with van der Waals surface area (Å²) in [5.41, 5.74) is 0. The molecule has 3 saturated heterocycles. The second-order valence-electron chi connectivity index (χ2n) is 23.6. The van der Waals surface area contributed by atoms with E-state index in [1.807, 2.05) is 0 Å². The van der Waals surface area contributed by atoms with Gasteiger partial charge in [0.1, 0.15) is 67.1 Å². The Morgan fingerprint density at radius 2 is 1.11 bits per heavy atom. The van der Waals surface area contributed by atoms with Crippen LogP contribution in [-0.2, 0) is 42.8 Å². The molecular formula is C61H112N2O21. The number of rotatable bonds is 47. The van der Waals surface area contributed by atoms with E-state index in [0.717, 1.165) is 84.0 Å². The minimum atomic E-state index is -3.08. The van der Waals surface area contributed by atoms with Gasteiger partial charge in [-0.25, -0.2) is 4.79 Å². The van der Waals surface area contributed by atoms with Gasteiger partial charge in [0.2, 0.25) is 11.8 Å². The van der Waals surface area contributed by atoms with Crippen LogP contribution in [0.2, 0.25) is 0 Å².